The normalized spacial score (nSPS) is 13.2. The molecule has 6 nitrogen and oxygen atoms in total. The monoisotopic (exact) mass is 473 g/mol. The summed E-state index contributed by atoms with van der Waals surface area (Å²) in [6, 6.07) is 15.6. The Morgan fingerprint density at radius 1 is 1.16 bits per heavy atom. The lowest BCUT2D eigenvalue weighted by Gasteiger charge is -2.20. The third-order valence-corrected chi connectivity index (χ3v) is 7.15. The second-order valence-electron chi connectivity index (χ2n) is 7.39. The van der Waals surface area contributed by atoms with Crippen molar-refractivity contribution in [2.75, 3.05) is 9.73 Å². The molecule has 1 amide bonds. The van der Waals surface area contributed by atoms with Crippen LogP contribution in [-0.2, 0) is 23.0 Å². The van der Waals surface area contributed by atoms with E-state index in [1.165, 1.54) is 18.2 Å². The molecule has 0 atom stereocenters. The topological polar surface area (TPSA) is 78.5 Å². The van der Waals surface area contributed by atoms with Crippen molar-refractivity contribution in [2.24, 2.45) is 0 Å². The highest BCUT2D eigenvalue weighted by atomic mass is 35.5. The number of halogens is 2. The Morgan fingerprint density at radius 2 is 1.91 bits per heavy atom. The van der Waals surface area contributed by atoms with Gasteiger partial charge in [-0.3, -0.25) is 4.79 Å². The summed E-state index contributed by atoms with van der Waals surface area (Å²) in [7, 11) is -3.87. The molecule has 1 aliphatic rings. The van der Waals surface area contributed by atoms with E-state index in [0.29, 0.717) is 17.9 Å². The third kappa shape index (κ3) is 4.21. The fraction of sp³-hybridized carbons (Fsp3) is 0.174. The molecule has 0 saturated carbocycles. The van der Waals surface area contributed by atoms with Crippen LogP contribution in [-0.4, -0.2) is 14.3 Å². The Kier molecular flexibility index (Phi) is 6.19. The van der Waals surface area contributed by atoms with E-state index in [-0.39, 0.29) is 15.5 Å². The van der Waals surface area contributed by atoms with Crippen LogP contribution < -0.4 is 15.2 Å². The molecule has 0 bridgehead atoms. The van der Waals surface area contributed by atoms with Crippen molar-refractivity contribution in [1.82, 2.24) is 5.43 Å². The standard InChI is InChI=1S/C23H21ClFN3O3S/c1-2-4-15-7-11-18(12-8-15)32(30,31)28-21-13-17(10-9-16(21)14-26-28)27-23(29)22-19(24)5-3-6-20(22)25/h3,5-13,26H,2,4,14H2,1H3,(H,27,29). The lowest BCUT2D eigenvalue weighted by atomic mass is 10.1. The molecule has 9 heteroatoms. The van der Waals surface area contributed by atoms with Gasteiger partial charge in [0.1, 0.15) is 5.82 Å². The molecule has 1 aliphatic heterocycles. The van der Waals surface area contributed by atoms with Crippen molar-refractivity contribution in [3.8, 4) is 0 Å². The largest absolute Gasteiger partial charge is 0.322 e. The van der Waals surface area contributed by atoms with Crippen molar-refractivity contribution in [2.45, 2.75) is 31.2 Å². The van der Waals surface area contributed by atoms with Gasteiger partial charge in [-0.25, -0.2) is 9.82 Å². The summed E-state index contributed by atoms with van der Waals surface area (Å²) in [6.07, 6.45) is 1.85. The number of fused-ring (bicyclic) bond motifs is 1. The van der Waals surface area contributed by atoms with E-state index in [9.17, 15) is 17.6 Å². The fourth-order valence-electron chi connectivity index (χ4n) is 3.57. The molecule has 166 valence electrons. The Hall–Kier alpha value is -2.94. The van der Waals surface area contributed by atoms with Gasteiger partial charge in [0, 0.05) is 12.2 Å². The Labute approximate surface area is 191 Å². The number of amides is 1. The van der Waals surface area contributed by atoms with Crippen LogP contribution in [0.4, 0.5) is 15.8 Å². The van der Waals surface area contributed by atoms with Crippen molar-refractivity contribution < 1.29 is 17.6 Å². The average Bonchev–Trinajstić information content (AvgIpc) is 3.18. The maximum absolute atomic E-state index is 14.1. The minimum atomic E-state index is -3.87. The Bertz CT molecular complexity index is 1260. The van der Waals surface area contributed by atoms with Gasteiger partial charge in [-0.05, 0) is 53.9 Å². The smallest absolute Gasteiger partial charge is 0.277 e. The highest BCUT2D eigenvalue weighted by molar-refractivity contribution is 7.92. The quantitative estimate of drug-likeness (QED) is 0.534. The Morgan fingerprint density at radius 3 is 2.59 bits per heavy atom. The summed E-state index contributed by atoms with van der Waals surface area (Å²) >= 11 is 5.97. The number of hydrogen-bond donors (Lipinski definition) is 2. The first-order valence-corrected chi connectivity index (χ1v) is 11.9. The molecule has 0 fully saturated rings. The second-order valence-corrected chi connectivity index (χ2v) is 9.59. The number of carbonyl (C=O) groups excluding carboxylic acids is 1. The number of rotatable bonds is 6. The van der Waals surface area contributed by atoms with Crippen LogP contribution in [0.15, 0.2) is 65.6 Å². The van der Waals surface area contributed by atoms with Crippen LogP contribution in [0.1, 0.15) is 34.8 Å². The van der Waals surface area contributed by atoms with E-state index in [1.54, 1.807) is 24.3 Å². The number of nitrogens with one attached hydrogen (secondary N) is 2. The number of nitrogens with zero attached hydrogens (tertiary/aromatic N) is 1. The van der Waals surface area contributed by atoms with E-state index < -0.39 is 21.7 Å². The lowest BCUT2D eigenvalue weighted by molar-refractivity contribution is 0.102. The average molecular weight is 474 g/mol. The first-order valence-electron chi connectivity index (χ1n) is 10.1. The first kappa shape index (κ1) is 22.3. The summed E-state index contributed by atoms with van der Waals surface area (Å²) in [5, 5.41) is 2.58. The molecule has 0 aromatic heterocycles. The second kappa shape index (κ2) is 8.90. The highest BCUT2D eigenvalue weighted by Crippen LogP contribution is 2.33. The molecular formula is C23H21ClFN3O3S. The van der Waals surface area contributed by atoms with Gasteiger partial charge in [0.25, 0.3) is 15.9 Å². The van der Waals surface area contributed by atoms with E-state index in [1.807, 2.05) is 12.1 Å². The molecule has 0 unspecified atom stereocenters. The van der Waals surface area contributed by atoms with Crippen molar-refractivity contribution >= 4 is 38.9 Å². The molecule has 0 spiro atoms. The molecule has 0 radical (unpaired) electrons. The molecule has 2 N–H and O–H groups in total. The lowest BCUT2D eigenvalue weighted by Crippen LogP contribution is -2.38. The van der Waals surface area contributed by atoms with Gasteiger partial charge in [0.2, 0.25) is 0 Å². The molecular weight excluding hydrogens is 453 g/mol. The van der Waals surface area contributed by atoms with Crippen LogP contribution in [0, 0.1) is 5.82 Å². The van der Waals surface area contributed by atoms with Gasteiger partial charge < -0.3 is 5.32 Å². The highest BCUT2D eigenvalue weighted by Gasteiger charge is 2.31. The summed E-state index contributed by atoms with van der Waals surface area (Å²) in [6.45, 7) is 2.38. The number of anilines is 2. The Balaban J connectivity index is 1.61. The molecule has 3 aromatic rings. The summed E-state index contributed by atoms with van der Waals surface area (Å²) in [5.41, 5.74) is 5.13. The maximum atomic E-state index is 14.1. The van der Waals surface area contributed by atoms with Gasteiger partial charge >= 0.3 is 0 Å². The van der Waals surface area contributed by atoms with Crippen LogP contribution in [0.3, 0.4) is 0 Å². The van der Waals surface area contributed by atoms with Crippen LogP contribution in [0.25, 0.3) is 0 Å². The van der Waals surface area contributed by atoms with E-state index in [2.05, 4.69) is 17.7 Å². The van der Waals surface area contributed by atoms with Gasteiger partial charge in [-0.2, -0.15) is 12.8 Å². The summed E-state index contributed by atoms with van der Waals surface area (Å²) in [5.74, 6) is -1.46. The summed E-state index contributed by atoms with van der Waals surface area (Å²) < 4.78 is 41.6. The minimum Gasteiger partial charge on any atom is -0.322 e. The van der Waals surface area contributed by atoms with E-state index in [4.69, 9.17) is 11.6 Å². The zero-order valence-electron chi connectivity index (χ0n) is 17.2. The zero-order chi connectivity index (χ0) is 22.9. The van der Waals surface area contributed by atoms with Crippen molar-refractivity contribution in [3.63, 3.8) is 0 Å². The van der Waals surface area contributed by atoms with E-state index in [0.717, 1.165) is 34.4 Å². The van der Waals surface area contributed by atoms with Crippen LogP contribution in [0.5, 0.6) is 0 Å². The molecule has 4 rings (SSSR count). The van der Waals surface area contributed by atoms with Gasteiger partial charge in [-0.15, -0.1) is 0 Å². The number of sulfonamides is 1. The van der Waals surface area contributed by atoms with Crippen molar-refractivity contribution in [1.29, 1.82) is 0 Å². The first-order chi connectivity index (χ1) is 15.3. The van der Waals surface area contributed by atoms with Crippen LogP contribution in [0.2, 0.25) is 5.02 Å². The van der Waals surface area contributed by atoms with Gasteiger partial charge in [0.15, 0.2) is 0 Å². The SMILES string of the molecule is CCCc1ccc(S(=O)(=O)N2NCc3ccc(NC(=O)c4c(F)cccc4Cl)cc32)cc1. The van der Waals surface area contributed by atoms with Gasteiger partial charge in [-0.1, -0.05) is 49.2 Å². The minimum absolute atomic E-state index is 0.0129. The molecule has 0 saturated heterocycles. The van der Waals surface area contributed by atoms with Gasteiger partial charge in [0.05, 0.1) is 21.2 Å². The maximum Gasteiger partial charge on any atom is 0.277 e. The predicted molar refractivity (Wildman–Crippen MR) is 123 cm³/mol. The molecule has 3 aromatic carbocycles. The predicted octanol–water partition coefficient (Wildman–Crippen LogP) is 4.90. The third-order valence-electron chi connectivity index (χ3n) is 5.17. The van der Waals surface area contributed by atoms with E-state index >= 15 is 0 Å². The number of hydrogen-bond acceptors (Lipinski definition) is 4. The summed E-state index contributed by atoms with van der Waals surface area (Å²) in [4.78, 5) is 12.7. The van der Waals surface area contributed by atoms with Crippen LogP contribution >= 0.6 is 11.6 Å². The molecule has 0 aliphatic carbocycles. The number of hydrazine groups is 1. The fourth-order valence-corrected chi connectivity index (χ4v) is 5.17. The number of aryl methyl sites for hydroxylation is 1. The number of benzene rings is 3. The zero-order valence-corrected chi connectivity index (χ0v) is 18.8. The number of carbonyl (C=O) groups is 1. The molecule has 1 heterocycles. The molecule has 32 heavy (non-hydrogen) atoms. The van der Waals surface area contributed by atoms with Crippen molar-refractivity contribution in [3.05, 3.63) is 88.2 Å².